The maximum absolute atomic E-state index is 12.4. The molecule has 0 aliphatic rings. The SMILES string of the molecule is CCc1coc(-c2cccc(C(CCC(F)(F)F)S(=O)(=O)[O-])c2)n1. The van der Waals surface area contributed by atoms with Crippen molar-refractivity contribution in [2.75, 3.05) is 0 Å². The van der Waals surface area contributed by atoms with Crippen molar-refractivity contribution < 1.29 is 30.6 Å². The number of halogens is 3. The zero-order chi connectivity index (χ0) is 18.0. The Balaban J connectivity index is 2.35. The van der Waals surface area contributed by atoms with Gasteiger partial charge in [0.15, 0.2) is 0 Å². The lowest BCUT2D eigenvalue weighted by molar-refractivity contribution is -0.135. The van der Waals surface area contributed by atoms with Gasteiger partial charge >= 0.3 is 6.18 Å². The van der Waals surface area contributed by atoms with E-state index in [9.17, 15) is 26.1 Å². The number of aromatic nitrogens is 1. The highest BCUT2D eigenvalue weighted by Crippen LogP contribution is 2.33. The fraction of sp³-hybridized carbons (Fsp3) is 0.400. The van der Waals surface area contributed by atoms with Gasteiger partial charge in [0.1, 0.15) is 16.4 Å². The van der Waals surface area contributed by atoms with E-state index < -0.39 is 34.4 Å². The summed E-state index contributed by atoms with van der Waals surface area (Å²) in [6.45, 7) is 1.87. The summed E-state index contributed by atoms with van der Waals surface area (Å²) >= 11 is 0. The number of benzene rings is 1. The van der Waals surface area contributed by atoms with Crippen LogP contribution in [0.5, 0.6) is 0 Å². The van der Waals surface area contributed by atoms with Crippen LogP contribution in [0.4, 0.5) is 13.2 Å². The van der Waals surface area contributed by atoms with Gasteiger partial charge in [0.25, 0.3) is 0 Å². The van der Waals surface area contributed by atoms with Crippen LogP contribution in [0, 0.1) is 0 Å². The number of hydrogen-bond donors (Lipinski definition) is 0. The summed E-state index contributed by atoms with van der Waals surface area (Å²) in [6.07, 6.45) is -4.66. The molecule has 1 unspecified atom stereocenters. The van der Waals surface area contributed by atoms with Crippen molar-refractivity contribution in [1.29, 1.82) is 0 Å². The summed E-state index contributed by atoms with van der Waals surface area (Å²) in [4.78, 5) is 4.17. The third-order valence-electron chi connectivity index (χ3n) is 3.46. The molecule has 0 spiro atoms. The molecule has 1 heterocycles. The molecule has 0 fully saturated rings. The Morgan fingerprint density at radius 2 is 2.04 bits per heavy atom. The van der Waals surface area contributed by atoms with Crippen LogP contribution in [-0.4, -0.2) is 24.1 Å². The highest BCUT2D eigenvalue weighted by Gasteiger charge is 2.31. The molecule has 0 N–H and O–H groups in total. The van der Waals surface area contributed by atoms with Gasteiger partial charge in [0.2, 0.25) is 5.89 Å². The molecule has 5 nitrogen and oxygen atoms in total. The summed E-state index contributed by atoms with van der Waals surface area (Å²) in [5.74, 6) is 0.214. The molecular weight excluding hydrogens is 347 g/mol. The lowest BCUT2D eigenvalue weighted by Crippen LogP contribution is -2.17. The van der Waals surface area contributed by atoms with Crippen molar-refractivity contribution in [2.45, 2.75) is 37.6 Å². The molecule has 1 atom stereocenters. The molecule has 0 amide bonds. The number of nitrogens with zero attached hydrogens (tertiary/aromatic N) is 1. The molecule has 0 aliphatic heterocycles. The van der Waals surface area contributed by atoms with E-state index in [1.165, 1.54) is 24.5 Å². The Morgan fingerprint density at radius 1 is 1.33 bits per heavy atom. The topological polar surface area (TPSA) is 83.2 Å². The predicted molar refractivity (Wildman–Crippen MR) is 79.0 cm³/mol. The first-order valence-corrected chi connectivity index (χ1v) is 8.63. The number of oxazole rings is 1. The summed E-state index contributed by atoms with van der Waals surface area (Å²) in [6, 6.07) is 5.66. The minimum Gasteiger partial charge on any atom is -0.747 e. The van der Waals surface area contributed by atoms with Crippen LogP contribution in [0.3, 0.4) is 0 Å². The average Bonchev–Trinajstić information content (AvgIpc) is 2.94. The normalized spacial score (nSPS) is 13.9. The largest absolute Gasteiger partial charge is 0.747 e. The average molecular weight is 362 g/mol. The molecule has 132 valence electrons. The highest BCUT2D eigenvalue weighted by atomic mass is 32.2. The van der Waals surface area contributed by atoms with Crippen molar-refractivity contribution in [1.82, 2.24) is 4.98 Å². The molecule has 0 saturated carbocycles. The highest BCUT2D eigenvalue weighted by molar-refractivity contribution is 7.86. The number of hydrogen-bond acceptors (Lipinski definition) is 5. The summed E-state index contributed by atoms with van der Waals surface area (Å²) in [7, 11) is -4.94. The van der Waals surface area contributed by atoms with Gasteiger partial charge in [-0.15, -0.1) is 0 Å². The van der Waals surface area contributed by atoms with E-state index >= 15 is 0 Å². The van der Waals surface area contributed by atoms with E-state index in [-0.39, 0.29) is 11.5 Å². The van der Waals surface area contributed by atoms with Crippen LogP contribution < -0.4 is 0 Å². The zero-order valence-electron chi connectivity index (χ0n) is 12.7. The smallest absolute Gasteiger partial charge is 0.389 e. The second kappa shape index (κ2) is 6.94. The first kappa shape index (κ1) is 18.5. The fourth-order valence-electron chi connectivity index (χ4n) is 2.25. The summed E-state index contributed by atoms with van der Waals surface area (Å²) in [5, 5.41) is -1.78. The molecular formula is C15H15F3NO4S-. The third kappa shape index (κ3) is 4.81. The van der Waals surface area contributed by atoms with E-state index in [2.05, 4.69) is 4.98 Å². The van der Waals surface area contributed by atoms with Gasteiger partial charge in [-0.2, -0.15) is 13.2 Å². The Morgan fingerprint density at radius 3 is 2.58 bits per heavy atom. The van der Waals surface area contributed by atoms with Crippen molar-refractivity contribution in [3.05, 3.63) is 41.8 Å². The number of rotatable bonds is 6. The summed E-state index contributed by atoms with van der Waals surface area (Å²) in [5.41, 5.74) is 1.07. The van der Waals surface area contributed by atoms with E-state index in [1.807, 2.05) is 6.92 Å². The van der Waals surface area contributed by atoms with Gasteiger partial charge in [-0.25, -0.2) is 13.4 Å². The number of aryl methyl sites for hydroxylation is 1. The Bertz CT molecular complexity index is 799. The standard InChI is InChI=1S/C15H16F3NO4S/c1-2-12-9-23-14(19-12)11-5-3-4-10(8-11)13(24(20,21)22)6-7-15(16,17)18/h3-5,8-9,13H,2,6-7H2,1H3,(H,20,21,22)/p-1. The Labute approximate surface area is 137 Å². The molecule has 2 aromatic rings. The van der Waals surface area contributed by atoms with Crippen LogP contribution >= 0.6 is 0 Å². The van der Waals surface area contributed by atoms with Gasteiger partial charge in [-0.3, -0.25) is 0 Å². The number of alkyl halides is 3. The molecule has 1 aromatic heterocycles. The maximum atomic E-state index is 12.4. The monoisotopic (exact) mass is 362 g/mol. The first-order chi connectivity index (χ1) is 11.1. The molecule has 2 rings (SSSR count). The minimum atomic E-state index is -4.94. The lowest BCUT2D eigenvalue weighted by atomic mass is 10.0. The molecule has 0 radical (unpaired) electrons. The third-order valence-corrected chi connectivity index (χ3v) is 4.66. The molecule has 0 aliphatic carbocycles. The fourth-order valence-corrected chi connectivity index (χ4v) is 3.13. The van der Waals surface area contributed by atoms with Crippen molar-refractivity contribution in [3.63, 3.8) is 0 Å². The van der Waals surface area contributed by atoms with Crippen LogP contribution in [0.25, 0.3) is 11.5 Å². The van der Waals surface area contributed by atoms with E-state index in [4.69, 9.17) is 4.42 Å². The second-order valence-corrected chi connectivity index (χ2v) is 6.81. The Kier molecular flexibility index (Phi) is 5.34. The van der Waals surface area contributed by atoms with Crippen molar-refractivity contribution in [3.8, 4) is 11.5 Å². The molecule has 24 heavy (non-hydrogen) atoms. The van der Waals surface area contributed by atoms with Crippen LogP contribution in [0.15, 0.2) is 34.9 Å². The van der Waals surface area contributed by atoms with Gasteiger partial charge in [-0.1, -0.05) is 19.1 Å². The van der Waals surface area contributed by atoms with Crippen LogP contribution in [0.2, 0.25) is 0 Å². The minimum absolute atomic E-state index is 0.0111. The zero-order valence-corrected chi connectivity index (χ0v) is 13.5. The summed E-state index contributed by atoms with van der Waals surface area (Å²) < 4.78 is 76.6. The molecule has 1 aromatic carbocycles. The van der Waals surface area contributed by atoms with Gasteiger partial charge in [0, 0.05) is 12.0 Å². The Hall–Kier alpha value is -1.87. The van der Waals surface area contributed by atoms with Crippen LogP contribution in [-0.2, 0) is 16.5 Å². The van der Waals surface area contributed by atoms with Crippen molar-refractivity contribution >= 4 is 10.1 Å². The van der Waals surface area contributed by atoms with Crippen molar-refractivity contribution in [2.24, 2.45) is 0 Å². The molecule has 0 saturated heterocycles. The van der Waals surface area contributed by atoms with Gasteiger partial charge < -0.3 is 8.97 Å². The van der Waals surface area contributed by atoms with Crippen LogP contribution in [0.1, 0.15) is 36.3 Å². The first-order valence-electron chi connectivity index (χ1n) is 7.16. The van der Waals surface area contributed by atoms with E-state index in [0.717, 1.165) is 0 Å². The van der Waals surface area contributed by atoms with E-state index in [0.29, 0.717) is 17.7 Å². The molecule has 9 heteroatoms. The quantitative estimate of drug-likeness (QED) is 0.729. The lowest BCUT2D eigenvalue weighted by Gasteiger charge is -2.22. The predicted octanol–water partition coefficient (Wildman–Crippen LogP) is 3.83. The second-order valence-electron chi connectivity index (χ2n) is 5.26. The van der Waals surface area contributed by atoms with Gasteiger partial charge in [-0.05, 0) is 30.5 Å². The molecule has 0 bridgehead atoms. The van der Waals surface area contributed by atoms with Gasteiger partial charge in [0.05, 0.1) is 10.9 Å². The van der Waals surface area contributed by atoms with E-state index in [1.54, 1.807) is 6.07 Å². The maximum Gasteiger partial charge on any atom is 0.389 e.